The molecule has 3 rings (SSSR count). The van der Waals surface area contributed by atoms with Crippen LogP contribution in [0.2, 0.25) is 0 Å². The van der Waals surface area contributed by atoms with E-state index >= 15 is 0 Å². The SMILES string of the molecule is Cc1c([N+](=O)[O-])cc2[nH]c(=O)c(=O)[nH]c2c1N(C)CC1CCCCC1. The number of anilines is 1. The van der Waals surface area contributed by atoms with E-state index in [0.29, 0.717) is 22.7 Å². The number of nitro groups is 1. The van der Waals surface area contributed by atoms with E-state index in [4.69, 9.17) is 0 Å². The summed E-state index contributed by atoms with van der Waals surface area (Å²) in [4.78, 5) is 41.3. The van der Waals surface area contributed by atoms with E-state index < -0.39 is 16.0 Å². The lowest BCUT2D eigenvalue weighted by atomic mass is 9.89. The van der Waals surface area contributed by atoms with Crippen LogP contribution >= 0.6 is 0 Å². The number of benzene rings is 1. The maximum atomic E-state index is 11.8. The van der Waals surface area contributed by atoms with E-state index in [1.54, 1.807) is 6.92 Å². The van der Waals surface area contributed by atoms with E-state index in [1.807, 2.05) is 11.9 Å². The van der Waals surface area contributed by atoms with Gasteiger partial charge in [0.15, 0.2) is 0 Å². The summed E-state index contributed by atoms with van der Waals surface area (Å²) in [6, 6.07) is 1.31. The van der Waals surface area contributed by atoms with Crippen molar-refractivity contribution >= 4 is 22.4 Å². The summed E-state index contributed by atoms with van der Waals surface area (Å²) in [6.07, 6.45) is 5.95. The van der Waals surface area contributed by atoms with Crippen LogP contribution in [0.25, 0.3) is 11.0 Å². The normalized spacial score (nSPS) is 15.4. The molecule has 0 radical (unpaired) electrons. The molecule has 1 saturated carbocycles. The van der Waals surface area contributed by atoms with Crippen molar-refractivity contribution in [2.45, 2.75) is 39.0 Å². The van der Waals surface area contributed by atoms with Crippen molar-refractivity contribution in [3.8, 4) is 0 Å². The molecule has 1 fully saturated rings. The highest BCUT2D eigenvalue weighted by Crippen LogP contribution is 2.35. The van der Waals surface area contributed by atoms with Crippen LogP contribution in [0.5, 0.6) is 0 Å². The van der Waals surface area contributed by atoms with Gasteiger partial charge in [-0.2, -0.15) is 0 Å². The molecule has 8 heteroatoms. The Kier molecular flexibility index (Phi) is 4.61. The fourth-order valence-corrected chi connectivity index (χ4v) is 3.84. The number of nitrogens with one attached hydrogen (secondary N) is 2. The number of nitrogens with zero attached hydrogens (tertiary/aromatic N) is 2. The summed E-state index contributed by atoms with van der Waals surface area (Å²) in [6.45, 7) is 2.44. The van der Waals surface area contributed by atoms with Gasteiger partial charge in [-0.1, -0.05) is 19.3 Å². The first-order valence-electron chi connectivity index (χ1n) is 8.54. The number of fused-ring (bicyclic) bond motifs is 1. The molecule has 25 heavy (non-hydrogen) atoms. The highest BCUT2D eigenvalue weighted by atomic mass is 16.6. The zero-order valence-corrected chi connectivity index (χ0v) is 14.4. The molecular formula is C17H22N4O4. The monoisotopic (exact) mass is 346 g/mol. The summed E-state index contributed by atoms with van der Waals surface area (Å²) in [7, 11) is 1.88. The van der Waals surface area contributed by atoms with E-state index in [9.17, 15) is 19.7 Å². The van der Waals surface area contributed by atoms with Crippen LogP contribution < -0.4 is 16.0 Å². The van der Waals surface area contributed by atoms with Gasteiger partial charge in [-0.25, -0.2) is 0 Å². The number of rotatable bonds is 4. The number of aromatic amines is 2. The maximum Gasteiger partial charge on any atom is 0.314 e. The Morgan fingerprint density at radius 2 is 1.84 bits per heavy atom. The quantitative estimate of drug-likeness (QED) is 0.502. The molecule has 0 spiro atoms. The van der Waals surface area contributed by atoms with Crippen molar-refractivity contribution in [3.63, 3.8) is 0 Å². The lowest BCUT2D eigenvalue weighted by Gasteiger charge is -2.29. The van der Waals surface area contributed by atoms with E-state index in [-0.39, 0.29) is 11.2 Å². The first-order chi connectivity index (χ1) is 11.9. The minimum Gasteiger partial charge on any atom is -0.372 e. The average molecular weight is 346 g/mol. The molecule has 0 aliphatic heterocycles. The van der Waals surface area contributed by atoms with Gasteiger partial charge in [-0.15, -0.1) is 0 Å². The van der Waals surface area contributed by atoms with Crippen molar-refractivity contribution in [1.82, 2.24) is 9.97 Å². The van der Waals surface area contributed by atoms with E-state index in [0.717, 1.165) is 19.4 Å². The van der Waals surface area contributed by atoms with Gasteiger partial charge in [0.25, 0.3) is 5.69 Å². The minimum atomic E-state index is -0.813. The third-order valence-electron chi connectivity index (χ3n) is 5.05. The second-order valence-corrected chi connectivity index (χ2v) is 6.84. The Labute approximate surface area is 144 Å². The molecular weight excluding hydrogens is 324 g/mol. The molecule has 1 aromatic carbocycles. The van der Waals surface area contributed by atoms with Gasteiger partial charge in [0.05, 0.1) is 27.2 Å². The smallest absolute Gasteiger partial charge is 0.314 e. The zero-order chi connectivity index (χ0) is 18.1. The van der Waals surface area contributed by atoms with Crippen LogP contribution in [-0.2, 0) is 0 Å². The predicted octanol–water partition coefficient (Wildman–Crippen LogP) is 2.45. The number of H-pyrrole nitrogens is 2. The Balaban J connectivity index is 2.14. The third kappa shape index (κ3) is 3.29. The van der Waals surface area contributed by atoms with Gasteiger partial charge >= 0.3 is 11.1 Å². The fourth-order valence-electron chi connectivity index (χ4n) is 3.84. The van der Waals surface area contributed by atoms with Crippen molar-refractivity contribution in [2.24, 2.45) is 5.92 Å². The van der Waals surface area contributed by atoms with Crippen LogP contribution in [0.4, 0.5) is 11.4 Å². The summed E-state index contributed by atoms with van der Waals surface area (Å²) < 4.78 is 0. The maximum absolute atomic E-state index is 11.8. The number of nitro benzene ring substituents is 1. The Morgan fingerprint density at radius 3 is 2.48 bits per heavy atom. The molecule has 134 valence electrons. The molecule has 0 bridgehead atoms. The van der Waals surface area contributed by atoms with Crippen LogP contribution in [0.15, 0.2) is 15.7 Å². The lowest BCUT2D eigenvalue weighted by molar-refractivity contribution is -0.385. The van der Waals surface area contributed by atoms with Crippen LogP contribution in [-0.4, -0.2) is 28.5 Å². The molecule has 1 heterocycles. The lowest BCUT2D eigenvalue weighted by Crippen LogP contribution is -2.31. The van der Waals surface area contributed by atoms with Crippen molar-refractivity contribution < 1.29 is 4.92 Å². The first-order valence-corrected chi connectivity index (χ1v) is 8.54. The van der Waals surface area contributed by atoms with Crippen molar-refractivity contribution in [3.05, 3.63) is 42.5 Å². The van der Waals surface area contributed by atoms with Gasteiger partial charge in [0.1, 0.15) is 0 Å². The molecule has 2 aromatic rings. The van der Waals surface area contributed by atoms with Gasteiger partial charge in [0.2, 0.25) is 0 Å². The molecule has 8 nitrogen and oxygen atoms in total. The van der Waals surface area contributed by atoms with Crippen LogP contribution in [0.3, 0.4) is 0 Å². The number of aromatic nitrogens is 2. The second-order valence-electron chi connectivity index (χ2n) is 6.84. The molecule has 0 unspecified atom stereocenters. The summed E-state index contributed by atoms with van der Waals surface area (Å²) in [5.41, 5.74) is 0.153. The van der Waals surface area contributed by atoms with Gasteiger partial charge in [-0.05, 0) is 25.7 Å². The summed E-state index contributed by atoms with van der Waals surface area (Å²) >= 11 is 0. The highest BCUT2D eigenvalue weighted by molar-refractivity contribution is 5.93. The van der Waals surface area contributed by atoms with Crippen LogP contribution in [0, 0.1) is 23.0 Å². The Bertz CT molecular complexity index is 925. The largest absolute Gasteiger partial charge is 0.372 e. The first kappa shape index (κ1) is 17.2. The number of hydrogen-bond acceptors (Lipinski definition) is 5. The Morgan fingerprint density at radius 1 is 1.20 bits per heavy atom. The van der Waals surface area contributed by atoms with E-state index in [1.165, 1.54) is 25.3 Å². The molecule has 1 aromatic heterocycles. The molecule has 1 aliphatic carbocycles. The van der Waals surface area contributed by atoms with Crippen molar-refractivity contribution in [2.75, 3.05) is 18.5 Å². The standard InChI is InChI=1S/C17H22N4O4/c1-10-13(21(24)25)8-12-14(19-17(23)16(22)18-12)15(10)20(2)9-11-6-4-3-5-7-11/h8,11H,3-7,9H2,1-2H3,(H,18,22)(H,19,23). The number of hydrogen-bond donors (Lipinski definition) is 2. The van der Waals surface area contributed by atoms with Crippen molar-refractivity contribution in [1.29, 1.82) is 0 Å². The predicted molar refractivity (Wildman–Crippen MR) is 96.4 cm³/mol. The topological polar surface area (TPSA) is 112 Å². The van der Waals surface area contributed by atoms with Gasteiger partial charge in [-0.3, -0.25) is 19.7 Å². The molecule has 1 aliphatic rings. The van der Waals surface area contributed by atoms with Gasteiger partial charge < -0.3 is 14.9 Å². The highest BCUT2D eigenvalue weighted by Gasteiger charge is 2.24. The van der Waals surface area contributed by atoms with Gasteiger partial charge in [0, 0.05) is 19.7 Å². The fraction of sp³-hybridized carbons (Fsp3) is 0.529. The summed E-state index contributed by atoms with van der Waals surface area (Å²) in [5.74, 6) is 0.530. The molecule has 0 amide bonds. The minimum absolute atomic E-state index is 0.0688. The van der Waals surface area contributed by atoms with Crippen LogP contribution in [0.1, 0.15) is 37.7 Å². The third-order valence-corrected chi connectivity index (χ3v) is 5.05. The van der Waals surface area contributed by atoms with E-state index in [2.05, 4.69) is 9.97 Å². The average Bonchev–Trinajstić information content (AvgIpc) is 2.56. The Hall–Kier alpha value is -2.64. The molecule has 0 saturated heterocycles. The molecule has 0 atom stereocenters. The molecule has 2 N–H and O–H groups in total. The zero-order valence-electron chi connectivity index (χ0n) is 14.4. The second kappa shape index (κ2) is 6.70. The summed E-state index contributed by atoms with van der Waals surface area (Å²) in [5, 5.41) is 11.4.